The molecule has 18 heavy (non-hydrogen) atoms. The monoisotopic (exact) mass is 243 g/mol. The number of methoxy groups -OCH3 is 1. The van der Waals surface area contributed by atoms with Crippen LogP contribution in [0, 0.1) is 0 Å². The lowest BCUT2D eigenvalue weighted by Crippen LogP contribution is -2.13. The molecule has 0 aliphatic rings. The molecular formula is C14H17N3O. The van der Waals surface area contributed by atoms with Gasteiger partial charge in [-0.15, -0.1) is 0 Å². The first-order chi connectivity index (χ1) is 8.50. The van der Waals surface area contributed by atoms with Crippen molar-refractivity contribution in [2.24, 2.45) is 0 Å². The van der Waals surface area contributed by atoms with Crippen molar-refractivity contribution in [1.29, 1.82) is 0 Å². The second-order valence-electron chi connectivity index (χ2n) is 5.13. The van der Waals surface area contributed by atoms with Crippen molar-refractivity contribution in [3.63, 3.8) is 0 Å². The number of ether oxygens (including phenoxy) is 1. The Morgan fingerprint density at radius 1 is 1.06 bits per heavy atom. The Labute approximate surface area is 107 Å². The quantitative estimate of drug-likeness (QED) is 0.813. The molecule has 0 saturated carbocycles. The van der Waals surface area contributed by atoms with Crippen LogP contribution in [0.2, 0.25) is 0 Å². The van der Waals surface area contributed by atoms with Gasteiger partial charge < -0.3 is 4.74 Å². The van der Waals surface area contributed by atoms with E-state index in [0.717, 1.165) is 17.0 Å². The van der Waals surface area contributed by atoms with Gasteiger partial charge in [-0.3, -0.25) is 0 Å². The maximum Gasteiger partial charge on any atom is 0.212 e. The van der Waals surface area contributed by atoms with Gasteiger partial charge in [0.15, 0.2) is 0 Å². The van der Waals surface area contributed by atoms with Crippen molar-refractivity contribution in [2.75, 3.05) is 7.11 Å². The standard InChI is InChI=1S/C14H17N3O/c1-14(2,3)12-7-11(16-9-17-12)10-5-6-13(18-4)15-8-10/h5-9H,1-4H3. The predicted octanol–water partition coefficient (Wildman–Crippen LogP) is 2.84. The average molecular weight is 243 g/mol. The van der Waals surface area contributed by atoms with E-state index in [2.05, 4.69) is 35.7 Å². The molecule has 0 N–H and O–H groups in total. The molecule has 0 atom stereocenters. The molecule has 0 fully saturated rings. The number of pyridine rings is 1. The topological polar surface area (TPSA) is 47.9 Å². The van der Waals surface area contributed by atoms with Crippen molar-refractivity contribution < 1.29 is 4.74 Å². The second-order valence-corrected chi connectivity index (χ2v) is 5.13. The minimum absolute atomic E-state index is 0.0115. The van der Waals surface area contributed by atoms with Crippen LogP contribution in [0.4, 0.5) is 0 Å². The van der Waals surface area contributed by atoms with Gasteiger partial charge in [-0.05, 0) is 12.1 Å². The third kappa shape index (κ3) is 2.64. The fourth-order valence-electron chi connectivity index (χ4n) is 1.58. The van der Waals surface area contributed by atoms with E-state index in [1.165, 1.54) is 0 Å². The van der Waals surface area contributed by atoms with Gasteiger partial charge >= 0.3 is 0 Å². The highest BCUT2D eigenvalue weighted by molar-refractivity contribution is 5.58. The lowest BCUT2D eigenvalue weighted by Gasteiger charge is -2.17. The highest BCUT2D eigenvalue weighted by Gasteiger charge is 2.16. The van der Waals surface area contributed by atoms with E-state index in [1.54, 1.807) is 19.6 Å². The fourth-order valence-corrected chi connectivity index (χ4v) is 1.58. The largest absolute Gasteiger partial charge is 0.481 e. The van der Waals surface area contributed by atoms with E-state index in [9.17, 15) is 0 Å². The van der Waals surface area contributed by atoms with Crippen molar-refractivity contribution in [2.45, 2.75) is 26.2 Å². The third-order valence-corrected chi connectivity index (χ3v) is 2.68. The van der Waals surface area contributed by atoms with Gasteiger partial charge in [0.2, 0.25) is 5.88 Å². The van der Waals surface area contributed by atoms with E-state index in [1.807, 2.05) is 18.2 Å². The molecule has 4 nitrogen and oxygen atoms in total. The third-order valence-electron chi connectivity index (χ3n) is 2.68. The second kappa shape index (κ2) is 4.72. The molecule has 0 unspecified atom stereocenters. The van der Waals surface area contributed by atoms with Crippen LogP contribution in [-0.2, 0) is 5.41 Å². The van der Waals surface area contributed by atoms with E-state index < -0.39 is 0 Å². The Bertz CT molecular complexity index is 529. The summed E-state index contributed by atoms with van der Waals surface area (Å²) in [6.45, 7) is 6.39. The predicted molar refractivity (Wildman–Crippen MR) is 70.5 cm³/mol. The minimum Gasteiger partial charge on any atom is -0.481 e. The summed E-state index contributed by atoms with van der Waals surface area (Å²) in [6.07, 6.45) is 3.35. The molecular weight excluding hydrogens is 226 g/mol. The van der Waals surface area contributed by atoms with Crippen molar-refractivity contribution in [3.8, 4) is 17.1 Å². The normalized spacial score (nSPS) is 11.3. The summed E-state index contributed by atoms with van der Waals surface area (Å²) in [6, 6.07) is 5.78. The van der Waals surface area contributed by atoms with E-state index in [4.69, 9.17) is 4.74 Å². The smallest absolute Gasteiger partial charge is 0.212 e. The highest BCUT2D eigenvalue weighted by Crippen LogP contribution is 2.24. The lowest BCUT2D eigenvalue weighted by atomic mass is 9.91. The van der Waals surface area contributed by atoms with Gasteiger partial charge in [-0.1, -0.05) is 20.8 Å². The average Bonchev–Trinajstić information content (AvgIpc) is 2.38. The molecule has 4 heteroatoms. The Balaban J connectivity index is 2.38. The van der Waals surface area contributed by atoms with Gasteiger partial charge in [-0.25, -0.2) is 15.0 Å². The number of aromatic nitrogens is 3. The van der Waals surface area contributed by atoms with Crippen molar-refractivity contribution in [1.82, 2.24) is 15.0 Å². The number of hydrogen-bond donors (Lipinski definition) is 0. The van der Waals surface area contributed by atoms with Crippen LogP contribution < -0.4 is 4.74 Å². The highest BCUT2D eigenvalue weighted by atomic mass is 16.5. The van der Waals surface area contributed by atoms with Gasteiger partial charge in [0, 0.05) is 28.9 Å². The molecule has 2 rings (SSSR count). The summed E-state index contributed by atoms with van der Waals surface area (Å²) in [4.78, 5) is 12.8. The van der Waals surface area contributed by atoms with Gasteiger partial charge in [-0.2, -0.15) is 0 Å². The van der Waals surface area contributed by atoms with Crippen molar-refractivity contribution in [3.05, 3.63) is 36.4 Å². The molecule has 2 heterocycles. The molecule has 2 aromatic heterocycles. The number of nitrogens with zero attached hydrogens (tertiary/aromatic N) is 3. The molecule has 0 bridgehead atoms. The van der Waals surface area contributed by atoms with Crippen LogP contribution in [0.25, 0.3) is 11.3 Å². The summed E-state index contributed by atoms with van der Waals surface area (Å²) in [5.41, 5.74) is 2.87. The summed E-state index contributed by atoms with van der Waals surface area (Å²) in [5, 5.41) is 0. The summed E-state index contributed by atoms with van der Waals surface area (Å²) >= 11 is 0. The summed E-state index contributed by atoms with van der Waals surface area (Å²) in [7, 11) is 1.60. The molecule has 0 aromatic carbocycles. The molecule has 0 aliphatic carbocycles. The molecule has 0 spiro atoms. The lowest BCUT2D eigenvalue weighted by molar-refractivity contribution is 0.398. The molecule has 94 valence electrons. The number of rotatable bonds is 2. The van der Waals surface area contributed by atoms with Crippen LogP contribution in [0.5, 0.6) is 5.88 Å². The minimum atomic E-state index is 0.0115. The molecule has 0 amide bonds. The SMILES string of the molecule is COc1ccc(-c2cc(C(C)(C)C)ncn2)cn1. The van der Waals surface area contributed by atoms with Crippen LogP contribution >= 0.6 is 0 Å². The first-order valence-corrected chi connectivity index (χ1v) is 5.83. The Morgan fingerprint density at radius 3 is 2.39 bits per heavy atom. The zero-order valence-electron chi connectivity index (χ0n) is 11.1. The Morgan fingerprint density at radius 2 is 1.83 bits per heavy atom. The Kier molecular flexibility index (Phi) is 3.28. The zero-order valence-corrected chi connectivity index (χ0v) is 11.1. The van der Waals surface area contributed by atoms with Crippen molar-refractivity contribution >= 4 is 0 Å². The Hall–Kier alpha value is -1.97. The molecule has 0 aliphatic heterocycles. The van der Waals surface area contributed by atoms with Gasteiger partial charge in [0.25, 0.3) is 0 Å². The molecule has 0 saturated heterocycles. The van der Waals surface area contributed by atoms with E-state index in [0.29, 0.717) is 5.88 Å². The first kappa shape index (κ1) is 12.5. The van der Waals surface area contributed by atoms with E-state index in [-0.39, 0.29) is 5.41 Å². The number of hydrogen-bond acceptors (Lipinski definition) is 4. The first-order valence-electron chi connectivity index (χ1n) is 5.83. The maximum absolute atomic E-state index is 5.04. The van der Waals surface area contributed by atoms with Gasteiger partial charge in [0.1, 0.15) is 6.33 Å². The van der Waals surface area contributed by atoms with Crippen LogP contribution in [0.1, 0.15) is 26.5 Å². The van der Waals surface area contributed by atoms with Crippen LogP contribution in [-0.4, -0.2) is 22.1 Å². The molecule has 2 aromatic rings. The fraction of sp³-hybridized carbons (Fsp3) is 0.357. The van der Waals surface area contributed by atoms with E-state index >= 15 is 0 Å². The zero-order chi connectivity index (χ0) is 13.2. The maximum atomic E-state index is 5.04. The van der Waals surface area contributed by atoms with Crippen LogP contribution in [0.3, 0.4) is 0 Å². The molecule has 0 radical (unpaired) electrons. The van der Waals surface area contributed by atoms with Crippen LogP contribution in [0.15, 0.2) is 30.7 Å². The van der Waals surface area contributed by atoms with Gasteiger partial charge in [0.05, 0.1) is 12.8 Å². The summed E-state index contributed by atoms with van der Waals surface area (Å²) in [5.74, 6) is 0.601. The summed E-state index contributed by atoms with van der Waals surface area (Å²) < 4.78 is 5.04.